The van der Waals surface area contributed by atoms with Crippen LogP contribution < -0.4 is 9.47 Å². The quantitative estimate of drug-likeness (QED) is 0.749. The number of aryl methyl sites for hydroxylation is 2. The maximum Gasteiger partial charge on any atom is 0.134 e. The van der Waals surface area contributed by atoms with Crippen LogP contribution in [0.25, 0.3) is 0 Å². The Bertz CT molecular complexity index is 628. The molecule has 0 spiro atoms. The molecule has 2 rings (SSSR count). The number of rotatable bonds is 6. The van der Waals surface area contributed by atoms with Gasteiger partial charge < -0.3 is 9.47 Å². The molecule has 1 heterocycles. The molecule has 0 aliphatic rings. The van der Waals surface area contributed by atoms with Crippen LogP contribution >= 0.6 is 27.5 Å². The van der Waals surface area contributed by atoms with Crippen molar-refractivity contribution in [2.45, 2.75) is 33.4 Å². The molecule has 0 N–H and O–H groups in total. The Morgan fingerprint density at radius 2 is 2.10 bits per heavy atom. The van der Waals surface area contributed by atoms with E-state index in [1.807, 2.05) is 36.7 Å². The fourth-order valence-electron chi connectivity index (χ4n) is 2.03. The minimum Gasteiger partial charge on any atom is -0.497 e. The maximum atomic E-state index is 6.37. The second kappa shape index (κ2) is 7.18. The van der Waals surface area contributed by atoms with Crippen molar-refractivity contribution >= 4 is 27.5 Å². The van der Waals surface area contributed by atoms with Crippen molar-refractivity contribution in [3.8, 4) is 11.5 Å². The van der Waals surface area contributed by atoms with Crippen LogP contribution in [0, 0.1) is 0 Å². The monoisotopic (exact) mass is 372 g/mol. The van der Waals surface area contributed by atoms with Crippen LogP contribution in [0.5, 0.6) is 11.5 Å². The Morgan fingerprint density at radius 3 is 2.67 bits per heavy atom. The standard InChI is InChI=1S/C15H18BrClN2O2/c1-4-12-15(17)13(19(5-2)18-12)9-21-14-7-6-10(20-3)8-11(14)16/h6-8H,4-5,9H2,1-3H3. The molecule has 4 nitrogen and oxygen atoms in total. The summed E-state index contributed by atoms with van der Waals surface area (Å²) in [6.45, 7) is 5.22. The summed E-state index contributed by atoms with van der Waals surface area (Å²) >= 11 is 9.84. The van der Waals surface area contributed by atoms with Gasteiger partial charge in [0.2, 0.25) is 0 Å². The number of halogens is 2. The zero-order valence-electron chi connectivity index (χ0n) is 12.3. The van der Waals surface area contributed by atoms with Crippen molar-refractivity contribution < 1.29 is 9.47 Å². The Morgan fingerprint density at radius 1 is 1.33 bits per heavy atom. The molecular formula is C15H18BrClN2O2. The molecule has 0 saturated heterocycles. The Hall–Kier alpha value is -1.20. The van der Waals surface area contributed by atoms with Crippen molar-refractivity contribution in [2.24, 2.45) is 0 Å². The Kier molecular flexibility index (Phi) is 5.53. The zero-order valence-corrected chi connectivity index (χ0v) is 14.7. The highest BCUT2D eigenvalue weighted by molar-refractivity contribution is 9.10. The molecule has 6 heteroatoms. The molecule has 1 aromatic carbocycles. The summed E-state index contributed by atoms with van der Waals surface area (Å²) in [6.07, 6.45) is 0.811. The topological polar surface area (TPSA) is 36.3 Å². The molecule has 0 aliphatic carbocycles. The summed E-state index contributed by atoms with van der Waals surface area (Å²) in [7, 11) is 1.63. The van der Waals surface area contributed by atoms with Crippen molar-refractivity contribution in [3.63, 3.8) is 0 Å². The van der Waals surface area contributed by atoms with Crippen LogP contribution in [-0.2, 0) is 19.6 Å². The summed E-state index contributed by atoms with van der Waals surface area (Å²) in [6, 6.07) is 5.59. The number of hydrogen-bond donors (Lipinski definition) is 0. The largest absolute Gasteiger partial charge is 0.497 e. The fourth-order valence-corrected chi connectivity index (χ4v) is 2.82. The van der Waals surface area contributed by atoms with Crippen LogP contribution in [-0.4, -0.2) is 16.9 Å². The van der Waals surface area contributed by atoms with Crippen molar-refractivity contribution in [3.05, 3.63) is 39.1 Å². The fraction of sp³-hybridized carbons (Fsp3) is 0.400. The summed E-state index contributed by atoms with van der Waals surface area (Å²) < 4.78 is 13.8. The second-order valence-corrected chi connectivity index (χ2v) is 5.69. The molecule has 0 atom stereocenters. The predicted molar refractivity (Wildman–Crippen MR) is 87.3 cm³/mol. The second-order valence-electron chi connectivity index (χ2n) is 4.46. The van der Waals surface area contributed by atoms with Crippen molar-refractivity contribution in [1.82, 2.24) is 9.78 Å². The van der Waals surface area contributed by atoms with Gasteiger partial charge in [-0.05, 0) is 47.5 Å². The van der Waals surface area contributed by atoms with Crippen molar-refractivity contribution in [1.29, 1.82) is 0 Å². The first-order valence-corrected chi connectivity index (χ1v) is 7.98. The Balaban J connectivity index is 2.18. The first-order chi connectivity index (χ1) is 10.1. The van der Waals surface area contributed by atoms with Gasteiger partial charge in [-0.2, -0.15) is 5.10 Å². The third kappa shape index (κ3) is 3.52. The predicted octanol–water partition coefficient (Wildman–Crippen LogP) is 4.47. The number of benzene rings is 1. The van der Waals surface area contributed by atoms with Crippen LogP contribution in [0.4, 0.5) is 0 Å². The maximum absolute atomic E-state index is 6.37. The van der Waals surface area contributed by atoms with Crippen LogP contribution in [0.3, 0.4) is 0 Å². The van der Waals surface area contributed by atoms with Gasteiger partial charge in [-0.25, -0.2) is 0 Å². The normalized spacial score (nSPS) is 10.7. The number of aromatic nitrogens is 2. The average molecular weight is 374 g/mol. The SMILES string of the molecule is CCc1nn(CC)c(COc2ccc(OC)cc2Br)c1Cl. The van der Waals surface area contributed by atoms with Gasteiger partial charge >= 0.3 is 0 Å². The van der Waals surface area contributed by atoms with Gasteiger partial charge in [0.15, 0.2) is 0 Å². The van der Waals surface area contributed by atoms with E-state index in [4.69, 9.17) is 21.1 Å². The molecule has 0 saturated carbocycles. The van der Waals surface area contributed by atoms with E-state index < -0.39 is 0 Å². The lowest BCUT2D eigenvalue weighted by Crippen LogP contribution is -2.06. The van der Waals surface area contributed by atoms with E-state index in [1.54, 1.807) is 7.11 Å². The van der Waals surface area contributed by atoms with Gasteiger partial charge in [-0.3, -0.25) is 4.68 Å². The molecule has 0 radical (unpaired) electrons. The Labute approximate surface area is 138 Å². The average Bonchev–Trinajstić information content (AvgIpc) is 2.81. The number of nitrogens with zero attached hydrogens (tertiary/aromatic N) is 2. The first kappa shape index (κ1) is 16.2. The lowest BCUT2D eigenvalue weighted by atomic mass is 10.3. The smallest absolute Gasteiger partial charge is 0.134 e. The first-order valence-electron chi connectivity index (χ1n) is 6.81. The number of methoxy groups -OCH3 is 1. The molecule has 0 bridgehead atoms. The number of hydrogen-bond acceptors (Lipinski definition) is 3. The summed E-state index contributed by atoms with van der Waals surface area (Å²) in [5.74, 6) is 1.52. The van der Waals surface area contributed by atoms with E-state index in [-0.39, 0.29) is 0 Å². The number of ether oxygens (including phenoxy) is 2. The molecule has 0 amide bonds. The summed E-state index contributed by atoms with van der Waals surface area (Å²) in [5, 5.41) is 5.18. The van der Waals surface area contributed by atoms with Crippen LogP contribution in [0.1, 0.15) is 25.2 Å². The van der Waals surface area contributed by atoms with E-state index in [1.165, 1.54) is 0 Å². The van der Waals surface area contributed by atoms with E-state index in [0.29, 0.717) is 11.6 Å². The van der Waals surface area contributed by atoms with Gasteiger partial charge in [0.25, 0.3) is 0 Å². The summed E-state index contributed by atoms with van der Waals surface area (Å²) in [4.78, 5) is 0. The lowest BCUT2D eigenvalue weighted by Gasteiger charge is -2.10. The van der Waals surface area contributed by atoms with Gasteiger partial charge in [0.1, 0.15) is 18.1 Å². The molecule has 0 unspecified atom stereocenters. The molecule has 0 fully saturated rings. The molecule has 1 aromatic heterocycles. The summed E-state index contributed by atoms with van der Waals surface area (Å²) in [5.41, 5.74) is 1.81. The molecular weight excluding hydrogens is 356 g/mol. The van der Waals surface area contributed by atoms with E-state index in [2.05, 4.69) is 21.0 Å². The molecule has 2 aromatic rings. The van der Waals surface area contributed by atoms with E-state index >= 15 is 0 Å². The highest BCUT2D eigenvalue weighted by Crippen LogP contribution is 2.30. The van der Waals surface area contributed by atoms with E-state index in [0.717, 1.165) is 40.3 Å². The molecule has 0 aliphatic heterocycles. The van der Waals surface area contributed by atoms with E-state index in [9.17, 15) is 0 Å². The highest BCUT2D eigenvalue weighted by Gasteiger charge is 2.15. The van der Waals surface area contributed by atoms with Crippen molar-refractivity contribution in [2.75, 3.05) is 7.11 Å². The van der Waals surface area contributed by atoms with Gasteiger partial charge in [0, 0.05) is 6.54 Å². The zero-order chi connectivity index (χ0) is 15.4. The molecule has 21 heavy (non-hydrogen) atoms. The van der Waals surface area contributed by atoms with Gasteiger partial charge in [0.05, 0.1) is 28.0 Å². The van der Waals surface area contributed by atoms with Gasteiger partial charge in [-0.1, -0.05) is 18.5 Å². The lowest BCUT2D eigenvalue weighted by molar-refractivity contribution is 0.290. The van der Waals surface area contributed by atoms with Crippen LogP contribution in [0.15, 0.2) is 22.7 Å². The van der Waals surface area contributed by atoms with Gasteiger partial charge in [-0.15, -0.1) is 0 Å². The van der Waals surface area contributed by atoms with Crippen LogP contribution in [0.2, 0.25) is 5.02 Å². The third-order valence-corrected chi connectivity index (χ3v) is 4.25. The minimum absolute atomic E-state index is 0.380. The third-order valence-electron chi connectivity index (χ3n) is 3.20. The minimum atomic E-state index is 0.380. The highest BCUT2D eigenvalue weighted by atomic mass is 79.9. The molecule has 114 valence electrons.